The molecular formula is C7H13N11. The lowest BCUT2D eigenvalue weighted by Crippen LogP contribution is -2.29. The van der Waals surface area contributed by atoms with Gasteiger partial charge in [0.2, 0.25) is 18.1 Å². The van der Waals surface area contributed by atoms with E-state index in [0.29, 0.717) is 5.84 Å². The molecule has 0 saturated heterocycles. The van der Waals surface area contributed by atoms with Crippen molar-refractivity contribution in [2.75, 3.05) is 0 Å². The minimum atomic E-state index is -0.435. The van der Waals surface area contributed by atoms with Crippen molar-refractivity contribution in [3.8, 4) is 18.6 Å². The summed E-state index contributed by atoms with van der Waals surface area (Å²) in [5.41, 5.74) is 18.9. The van der Waals surface area contributed by atoms with Gasteiger partial charge >= 0.3 is 0 Å². The van der Waals surface area contributed by atoms with Gasteiger partial charge in [-0.1, -0.05) is 0 Å². The SMILES string of the molecule is CC(N)=NC#N.N#CN.N#CNC(N)=NC(=N)N. The monoisotopic (exact) mass is 251 g/mol. The largest absolute Gasteiger partial charge is 0.387 e. The number of nitrogens with zero attached hydrogens (tertiary/aromatic N) is 5. The zero-order valence-electron chi connectivity index (χ0n) is 9.55. The predicted molar refractivity (Wildman–Crippen MR) is 65.0 cm³/mol. The molecule has 0 aromatic rings. The molecule has 0 aliphatic rings. The summed E-state index contributed by atoms with van der Waals surface area (Å²) >= 11 is 0. The summed E-state index contributed by atoms with van der Waals surface area (Å²) in [6.07, 6.45) is 4.29. The number of hydrogen-bond acceptors (Lipinski definition) is 6. The number of rotatable bonds is 0. The van der Waals surface area contributed by atoms with Crippen LogP contribution in [0.15, 0.2) is 9.98 Å². The Bertz CT molecular complexity index is 408. The fourth-order valence-corrected chi connectivity index (χ4v) is 0.294. The lowest BCUT2D eigenvalue weighted by Gasteiger charge is -1.91. The van der Waals surface area contributed by atoms with Gasteiger partial charge in [0.25, 0.3) is 0 Å². The third-order valence-corrected chi connectivity index (χ3v) is 0.651. The molecule has 0 heterocycles. The second kappa shape index (κ2) is 15.9. The highest BCUT2D eigenvalue weighted by atomic mass is 15.1. The highest BCUT2D eigenvalue weighted by Gasteiger charge is 1.86. The first kappa shape index (κ1) is 20.0. The Morgan fingerprint density at radius 1 is 1.22 bits per heavy atom. The zero-order valence-corrected chi connectivity index (χ0v) is 9.55. The molecule has 0 atom stereocenters. The second-order valence-electron chi connectivity index (χ2n) is 2.10. The van der Waals surface area contributed by atoms with Crippen LogP contribution in [0, 0.1) is 39.8 Å². The Hall–Kier alpha value is -3.52. The summed E-state index contributed by atoms with van der Waals surface area (Å²) in [4.78, 5) is 6.31. The first-order valence-electron chi connectivity index (χ1n) is 3.97. The first-order chi connectivity index (χ1) is 8.35. The molecule has 0 rings (SSSR count). The van der Waals surface area contributed by atoms with Crippen LogP contribution in [-0.2, 0) is 0 Å². The van der Waals surface area contributed by atoms with Crippen molar-refractivity contribution in [3.05, 3.63) is 0 Å². The summed E-state index contributed by atoms with van der Waals surface area (Å²) in [5, 5.41) is 31.3. The zero-order chi connectivity index (χ0) is 15.0. The average Bonchev–Trinajstić information content (AvgIpc) is 2.18. The maximum atomic E-state index is 7.92. The molecule has 0 saturated carbocycles. The molecule has 0 aliphatic heterocycles. The van der Waals surface area contributed by atoms with E-state index in [1.807, 2.05) is 5.32 Å². The molecular weight excluding hydrogens is 238 g/mol. The maximum absolute atomic E-state index is 7.92. The molecule has 0 unspecified atom stereocenters. The minimum absolute atomic E-state index is 0.176. The minimum Gasteiger partial charge on any atom is -0.387 e. The lowest BCUT2D eigenvalue weighted by molar-refractivity contribution is 1.21. The standard InChI is InChI=1S/C3H6N6.C3H5N3.CH2N2/c4-1-8-3(7)9-2(5)6;1-3(5)6-2-4;2-1-3/h(H6,5,6,7,8,9);1H3,(H2,5,6);2H2. The van der Waals surface area contributed by atoms with E-state index in [1.165, 1.54) is 18.6 Å². The Morgan fingerprint density at radius 3 is 1.83 bits per heavy atom. The Balaban J connectivity index is -0.000000216. The van der Waals surface area contributed by atoms with Crippen LogP contribution in [0.5, 0.6) is 0 Å². The van der Waals surface area contributed by atoms with Gasteiger partial charge < -0.3 is 22.9 Å². The van der Waals surface area contributed by atoms with Crippen molar-refractivity contribution in [1.29, 1.82) is 21.2 Å². The van der Waals surface area contributed by atoms with Crippen molar-refractivity contribution in [3.63, 3.8) is 0 Å². The molecule has 0 aromatic carbocycles. The molecule has 11 heteroatoms. The highest BCUT2D eigenvalue weighted by molar-refractivity contribution is 5.92. The molecule has 0 spiro atoms. The van der Waals surface area contributed by atoms with E-state index in [0.717, 1.165) is 0 Å². The van der Waals surface area contributed by atoms with E-state index < -0.39 is 5.96 Å². The van der Waals surface area contributed by atoms with Gasteiger partial charge in [-0.05, 0) is 6.92 Å². The van der Waals surface area contributed by atoms with Crippen molar-refractivity contribution in [1.82, 2.24) is 5.32 Å². The normalized spacial score (nSPS) is 8.78. The molecule has 96 valence electrons. The highest BCUT2D eigenvalue weighted by Crippen LogP contribution is 1.61. The molecule has 0 amide bonds. The number of nitrogens with two attached hydrogens (primary N) is 4. The molecule has 10 N–H and O–H groups in total. The van der Waals surface area contributed by atoms with Gasteiger partial charge in [0.1, 0.15) is 5.84 Å². The van der Waals surface area contributed by atoms with E-state index in [9.17, 15) is 0 Å². The number of aliphatic imine (C=N–C) groups is 2. The Morgan fingerprint density at radius 2 is 1.67 bits per heavy atom. The summed E-state index contributed by atoms with van der Waals surface area (Å²) in [5.74, 6) is -0.308. The van der Waals surface area contributed by atoms with Gasteiger partial charge in [0.05, 0.1) is 0 Å². The van der Waals surface area contributed by atoms with E-state index in [-0.39, 0.29) is 5.96 Å². The van der Waals surface area contributed by atoms with E-state index in [1.54, 1.807) is 6.92 Å². The van der Waals surface area contributed by atoms with Crippen LogP contribution in [0.2, 0.25) is 0 Å². The number of nitriles is 3. The molecule has 0 fully saturated rings. The maximum Gasteiger partial charge on any atom is 0.215 e. The van der Waals surface area contributed by atoms with Crippen molar-refractivity contribution < 1.29 is 0 Å². The van der Waals surface area contributed by atoms with Crippen molar-refractivity contribution >= 4 is 17.8 Å². The molecule has 18 heavy (non-hydrogen) atoms. The first-order valence-corrected chi connectivity index (χ1v) is 3.97. The van der Waals surface area contributed by atoms with Gasteiger partial charge in [-0.15, -0.1) is 0 Å². The second-order valence-corrected chi connectivity index (χ2v) is 2.10. The number of hydrogen-bond donors (Lipinski definition) is 6. The fourth-order valence-electron chi connectivity index (χ4n) is 0.294. The van der Waals surface area contributed by atoms with Crippen LogP contribution in [0.3, 0.4) is 0 Å². The van der Waals surface area contributed by atoms with E-state index in [2.05, 4.69) is 15.7 Å². The van der Waals surface area contributed by atoms with Crippen LogP contribution in [0.4, 0.5) is 0 Å². The third kappa shape index (κ3) is 39.2. The smallest absolute Gasteiger partial charge is 0.215 e. The average molecular weight is 251 g/mol. The summed E-state index contributed by atoms with van der Waals surface area (Å²) in [7, 11) is 0. The van der Waals surface area contributed by atoms with Gasteiger partial charge in [-0.3, -0.25) is 10.7 Å². The van der Waals surface area contributed by atoms with Crippen LogP contribution in [-0.4, -0.2) is 17.8 Å². The predicted octanol–water partition coefficient (Wildman–Crippen LogP) is -2.46. The summed E-state index contributed by atoms with van der Waals surface area (Å²) in [6, 6.07) is 0. The van der Waals surface area contributed by atoms with Gasteiger partial charge in [0, 0.05) is 0 Å². The Kier molecular flexibility index (Phi) is 17.7. The topological polar surface area (TPSA) is 236 Å². The van der Waals surface area contributed by atoms with Gasteiger partial charge in [0.15, 0.2) is 12.4 Å². The van der Waals surface area contributed by atoms with E-state index in [4.69, 9.17) is 38.4 Å². The lowest BCUT2D eigenvalue weighted by atomic mass is 10.7. The van der Waals surface area contributed by atoms with Crippen LogP contribution in [0.1, 0.15) is 6.92 Å². The number of nitrogens with one attached hydrogen (secondary N) is 2. The fraction of sp³-hybridized carbons (Fsp3) is 0.143. The number of guanidine groups is 2. The van der Waals surface area contributed by atoms with E-state index >= 15 is 0 Å². The van der Waals surface area contributed by atoms with Crippen molar-refractivity contribution in [2.45, 2.75) is 6.92 Å². The van der Waals surface area contributed by atoms with Crippen molar-refractivity contribution in [2.24, 2.45) is 32.9 Å². The Labute approximate surface area is 104 Å². The summed E-state index contributed by atoms with van der Waals surface area (Å²) < 4.78 is 0. The summed E-state index contributed by atoms with van der Waals surface area (Å²) in [6.45, 7) is 1.56. The molecule has 0 aliphatic carbocycles. The molecule has 11 nitrogen and oxygen atoms in total. The van der Waals surface area contributed by atoms with Gasteiger partial charge in [-0.25, -0.2) is 0 Å². The molecule has 0 aromatic heterocycles. The quantitative estimate of drug-likeness (QED) is 0.116. The van der Waals surface area contributed by atoms with Crippen LogP contribution in [0.25, 0.3) is 0 Å². The molecule has 0 bridgehead atoms. The van der Waals surface area contributed by atoms with Crippen LogP contribution < -0.4 is 28.3 Å². The van der Waals surface area contributed by atoms with Gasteiger partial charge in [-0.2, -0.15) is 25.8 Å². The third-order valence-electron chi connectivity index (χ3n) is 0.651. The number of amidine groups is 1. The van der Waals surface area contributed by atoms with Crippen LogP contribution >= 0.6 is 0 Å². The molecule has 0 radical (unpaired) electrons.